The van der Waals surface area contributed by atoms with Crippen molar-refractivity contribution in [1.29, 1.82) is 0 Å². The van der Waals surface area contributed by atoms with Crippen molar-refractivity contribution < 1.29 is 9.53 Å². The zero-order valence-corrected chi connectivity index (χ0v) is 14.1. The topological polar surface area (TPSA) is 93.4 Å². The molecule has 1 aliphatic heterocycles. The molecule has 1 fully saturated rings. The second-order valence-corrected chi connectivity index (χ2v) is 4.88. The lowest BCUT2D eigenvalue weighted by molar-refractivity contribution is -0.123. The Bertz CT molecular complexity index is 438. The fraction of sp³-hybridized carbons (Fsp3) is 0.615. The maximum atomic E-state index is 11.8. The van der Waals surface area contributed by atoms with Gasteiger partial charge in [-0.3, -0.25) is 4.79 Å². The van der Waals surface area contributed by atoms with E-state index in [1.807, 2.05) is 12.1 Å². The number of methoxy groups -OCH3 is 1. The maximum absolute atomic E-state index is 11.8. The van der Waals surface area contributed by atoms with Gasteiger partial charge in [-0.2, -0.15) is 5.10 Å². The van der Waals surface area contributed by atoms with Crippen LogP contribution < -0.4 is 16.0 Å². The van der Waals surface area contributed by atoms with Crippen LogP contribution in [0.4, 0.5) is 5.82 Å². The quantitative estimate of drug-likeness (QED) is 0.769. The summed E-state index contributed by atoms with van der Waals surface area (Å²) in [5.74, 6) is 0.670. The Morgan fingerprint density at radius 2 is 2.36 bits per heavy atom. The molecule has 0 spiro atoms. The SMILES string of the molecule is COCC(N)C(=O)NCC1CCCN1c1cccnn1.Cl.Cl. The number of anilines is 1. The number of nitrogens with two attached hydrogens (primary N) is 1. The highest BCUT2D eigenvalue weighted by molar-refractivity contribution is 5.85. The molecule has 2 atom stereocenters. The Balaban J connectivity index is 0.00000220. The number of ether oxygens (including phenoxy) is 1. The van der Waals surface area contributed by atoms with Crippen LogP contribution >= 0.6 is 24.8 Å². The number of aromatic nitrogens is 2. The van der Waals surface area contributed by atoms with Crippen molar-refractivity contribution in [2.24, 2.45) is 5.73 Å². The lowest BCUT2D eigenvalue weighted by atomic mass is 10.2. The molecule has 1 aromatic rings. The second-order valence-electron chi connectivity index (χ2n) is 4.88. The van der Waals surface area contributed by atoms with E-state index in [0.29, 0.717) is 6.54 Å². The van der Waals surface area contributed by atoms with Crippen molar-refractivity contribution >= 4 is 36.5 Å². The van der Waals surface area contributed by atoms with Gasteiger partial charge in [-0.15, -0.1) is 29.9 Å². The molecule has 3 N–H and O–H groups in total. The van der Waals surface area contributed by atoms with Crippen molar-refractivity contribution in [3.63, 3.8) is 0 Å². The third-order valence-corrected chi connectivity index (χ3v) is 3.42. The van der Waals surface area contributed by atoms with Gasteiger partial charge in [-0.25, -0.2) is 0 Å². The molecule has 9 heteroatoms. The zero-order chi connectivity index (χ0) is 14.4. The number of hydrogen-bond donors (Lipinski definition) is 2. The lowest BCUT2D eigenvalue weighted by Crippen LogP contribution is -2.48. The Morgan fingerprint density at radius 3 is 3.00 bits per heavy atom. The third kappa shape index (κ3) is 5.57. The van der Waals surface area contributed by atoms with E-state index in [4.69, 9.17) is 10.5 Å². The number of nitrogens with one attached hydrogen (secondary N) is 1. The van der Waals surface area contributed by atoms with Crippen LogP contribution in [0.25, 0.3) is 0 Å². The summed E-state index contributed by atoms with van der Waals surface area (Å²) < 4.78 is 4.87. The summed E-state index contributed by atoms with van der Waals surface area (Å²) in [6.07, 6.45) is 3.76. The van der Waals surface area contributed by atoms with Gasteiger partial charge in [0.25, 0.3) is 0 Å². The molecule has 1 aliphatic rings. The molecule has 0 bridgehead atoms. The molecule has 22 heavy (non-hydrogen) atoms. The number of carbonyl (C=O) groups excluding carboxylic acids is 1. The van der Waals surface area contributed by atoms with Gasteiger partial charge < -0.3 is 20.7 Å². The van der Waals surface area contributed by atoms with Crippen LogP contribution in [0, 0.1) is 0 Å². The molecule has 1 saturated heterocycles. The minimum Gasteiger partial charge on any atom is -0.383 e. The normalized spacial score (nSPS) is 18.1. The van der Waals surface area contributed by atoms with Crippen molar-refractivity contribution in [1.82, 2.24) is 15.5 Å². The van der Waals surface area contributed by atoms with Crippen molar-refractivity contribution in [2.75, 3.05) is 31.7 Å². The van der Waals surface area contributed by atoms with Gasteiger partial charge in [0.2, 0.25) is 5.91 Å². The van der Waals surface area contributed by atoms with Gasteiger partial charge in [0, 0.05) is 32.4 Å². The van der Waals surface area contributed by atoms with E-state index in [9.17, 15) is 4.79 Å². The largest absolute Gasteiger partial charge is 0.383 e. The fourth-order valence-electron chi connectivity index (χ4n) is 2.40. The molecular formula is C13H23Cl2N5O2. The van der Waals surface area contributed by atoms with E-state index in [0.717, 1.165) is 25.2 Å². The van der Waals surface area contributed by atoms with Crippen LogP contribution in [-0.2, 0) is 9.53 Å². The van der Waals surface area contributed by atoms with E-state index < -0.39 is 6.04 Å². The van der Waals surface area contributed by atoms with Crippen LogP contribution in [-0.4, -0.2) is 55.0 Å². The van der Waals surface area contributed by atoms with Gasteiger partial charge >= 0.3 is 0 Å². The van der Waals surface area contributed by atoms with Crippen LogP contribution in [0.1, 0.15) is 12.8 Å². The number of rotatable bonds is 6. The lowest BCUT2D eigenvalue weighted by Gasteiger charge is -2.25. The zero-order valence-electron chi connectivity index (χ0n) is 12.5. The first-order valence-electron chi connectivity index (χ1n) is 6.79. The molecule has 0 aromatic carbocycles. The highest BCUT2D eigenvalue weighted by Gasteiger charge is 2.26. The molecule has 126 valence electrons. The maximum Gasteiger partial charge on any atom is 0.239 e. The monoisotopic (exact) mass is 351 g/mol. The minimum absolute atomic E-state index is 0. The molecule has 2 rings (SSSR count). The summed E-state index contributed by atoms with van der Waals surface area (Å²) in [5, 5.41) is 10.9. The molecule has 0 saturated carbocycles. The van der Waals surface area contributed by atoms with E-state index in [1.165, 1.54) is 7.11 Å². The van der Waals surface area contributed by atoms with Crippen LogP contribution in [0.3, 0.4) is 0 Å². The molecule has 1 amide bonds. The minimum atomic E-state index is -0.619. The van der Waals surface area contributed by atoms with E-state index in [2.05, 4.69) is 20.4 Å². The molecule has 1 aromatic heterocycles. The smallest absolute Gasteiger partial charge is 0.239 e. The van der Waals surface area contributed by atoms with E-state index in [1.54, 1.807) is 6.20 Å². The van der Waals surface area contributed by atoms with Gasteiger partial charge in [0.15, 0.2) is 5.82 Å². The predicted molar refractivity (Wildman–Crippen MR) is 89.8 cm³/mol. The van der Waals surface area contributed by atoms with E-state index >= 15 is 0 Å². The first-order valence-corrected chi connectivity index (χ1v) is 6.79. The Hall–Kier alpha value is -1.15. The molecule has 7 nitrogen and oxygen atoms in total. The number of carbonyl (C=O) groups is 1. The summed E-state index contributed by atoms with van der Waals surface area (Å²) >= 11 is 0. The standard InChI is InChI=1S/C13H21N5O2.2ClH/c1-20-9-11(14)13(19)15-8-10-4-3-7-18(10)12-5-2-6-16-17-12;;/h2,5-6,10-11H,3-4,7-9,14H2,1H3,(H,15,19);2*1H. The third-order valence-electron chi connectivity index (χ3n) is 3.42. The summed E-state index contributed by atoms with van der Waals surface area (Å²) in [6.45, 7) is 1.72. The highest BCUT2D eigenvalue weighted by atomic mass is 35.5. The van der Waals surface area contributed by atoms with Gasteiger partial charge in [-0.05, 0) is 25.0 Å². The predicted octanol–water partition coefficient (Wildman–Crippen LogP) is 0.379. The Morgan fingerprint density at radius 1 is 1.59 bits per heavy atom. The summed E-state index contributed by atoms with van der Waals surface area (Å²) in [6, 6.07) is 3.42. The summed E-state index contributed by atoms with van der Waals surface area (Å²) in [4.78, 5) is 13.9. The number of nitrogens with zero attached hydrogens (tertiary/aromatic N) is 3. The number of hydrogen-bond acceptors (Lipinski definition) is 6. The molecule has 2 heterocycles. The van der Waals surface area contributed by atoms with Crippen LogP contribution in [0.5, 0.6) is 0 Å². The average molecular weight is 352 g/mol. The first kappa shape index (κ1) is 20.9. The average Bonchev–Trinajstić information content (AvgIpc) is 2.94. The van der Waals surface area contributed by atoms with Crippen molar-refractivity contribution in [3.8, 4) is 0 Å². The van der Waals surface area contributed by atoms with Crippen molar-refractivity contribution in [2.45, 2.75) is 24.9 Å². The first-order chi connectivity index (χ1) is 9.72. The second kappa shape index (κ2) is 10.6. The Kier molecular flexibility index (Phi) is 10.0. The van der Waals surface area contributed by atoms with Gasteiger partial charge in [0.05, 0.1) is 6.61 Å². The number of amides is 1. The van der Waals surface area contributed by atoms with Crippen molar-refractivity contribution in [3.05, 3.63) is 18.3 Å². The fourth-order valence-corrected chi connectivity index (χ4v) is 2.40. The molecular weight excluding hydrogens is 329 g/mol. The van der Waals surface area contributed by atoms with Crippen LogP contribution in [0.2, 0.25) is 0 Å². The molecule has 2 unspecified atom stereocenters. The molecule has 0 radical (unpaired) electrons. The number of halogens is 2. The Labute approximate surface area is 142 Å². The highest BCUT2D eigenvalue weighted by Crippen LogP contribution is 2.22. The van der Waals surface area contributed by atoms with Gasteiger partial charge in [0.1, 0.15) is 6.04 Å². The summed E-state index contributed by atoms with van der Waals surface area (Å²) in [7, 11) is 1.53. The van der Waals surface area contributed by atoms with E-state index in [-0.39, 0.29) is 43.4 Å². The van der Waals surface area contributed by atoms with Crippen LogP contribution in [0.15, 0.2) is 18.3 Å². The summed E-state index contributed by atoms with van der Waals surface area (Å²) in [5.41, 5.74) is 5.69. The molecule has 0 aliphatic carbocycles. The van der Waals surface area contributed by atoms with Gasteiger partial charge in [-0.1, -0.05) is 0 Å².